The van der Waals surface area contributed by atoms with Crippen LogP contribution in [0.3, 0.4) is 0 Å². The van der Waals surface area contributed by atoms with Crippen LogP contribution in [0, 0.1) is 0 Å². The van der Waals surface area contributed by atoms with Gasteiger partial charge in [0, 0.05) is 18.8 Å². The summed E-state index contributed by atoms with van der Waals surface area (Å²) in [7, 11) is 0. The standard InChI is InChI=1S/C10H10N4O2/c15-8-9-7-14(12-11-9)6-5-13-4-2-1-3-10(13)16/h1-4,7-8H,5-6H2. The molecule has 0 saturated heterocycles. The molecule has 0 amide bonds. The molecule has 6 nitrogen and oxygen atoms in total. The number of aromatic nitrogens is 4. The van der Waals surface area contributed by atoms with E-state index in [0.717, 1.165) is 0 Å². The molecule has 0 spiro atoms. The van der Waals surface area contributed by atoms with E-state index >= 15 is 0 Å². The summed E-state index contributed by atoms with van der Waals surface area (Å²) in [5.41, 5.74) is 0.235. The van der Waals surface area contributed by atoms with Crippen LogP contribution in [-0.2, 0) is 13.1 Å². The summed E-state index contributed by atoms with van der Waals surface area (Å²) in [6, 6.07) is 4.98. The highest BCUT2D eigenvalue weighted by Crippen LogP contribution is 1.90. The van der Waals surface area contributed by atoms with Crippen LogP contribution in [-0.4, -0.2) is 25.8 Å². The Morgan fingerprint density at radius 3 is 2.88 bits per heavy atom. The predicted molar refractivity (Wildman–Crippen MR) is 56.1 cm³/mol. The van der Waals surface area contributed by atoms with Crippen LogP contribution < -0.4 is 5.56 Å². The van der Waals surface area contributed by atoms with Gasteiger partial charge in [-0.1, -0.05) is 11.3 Å². The van der Waals surface area contributed by atoms with Crippen LogP contribution in [0.15, 0.2) is 35.4 Å². The molecule has 0 aliphatic rings. The summed E-state index contributed by atoms with van der Waals surface area (Å²) < 4.78 is 3.10. The summed E-state index contributed by atoms with van der Waals surface area (Å²) in [4.78, 5) is 21.7. The molecular weight excluding hydrogens is 208 g/mol. The lowest BCUT2D eigenvalue weighted by Crippen LogP contribution is -2.20. The van der Waals surface area contributed by atoms with E-state index in [1.807, 2.05) is 0 Å². The van der Waals surface area contributed by atoms with Gasteiger partial charge in [-0.2, -0.15) is 0 Å². The van der Waals surface area contributed by atoms with Gasteiger partial charge in [-0.05, 0) is 6.07 Å². The maximum Gasteiger partial charge on any atom is 0.250 e. The van der Waals surface area contributed by atoms with E-state index in [1.54, 1.807) is 29.1 Å². The normalized spacial score (nSPS) is 10.2. The van der Waals surface area contributed by atoms with Gasteiger partial charge >= 0.3 is 0 Å². The summed E-state index contributed by atoms with van der Waals surface area (Å²) >= 11 is 0. The first kappa shape index (κ1) is 10.3. The Hall–Kier alpha value is -2.24. The minimum absolute atomic E-state index is 0.0572. The third-order valence-electron chi connectivity index (χ3n) is 2.15. The van der Waals surface area contributed by atoms with Crippen molar-refractivity contribution in [1.29, 1.82) is 0 Å². The highest BCUT2D eigenvalue weighted by Gasteiger charge is 1.99. The van der Waals surface area contributed by atoms with Crippen molar-refractivity contribution in [1.82, 2.24) is 19.6 Å². The summed E-state index contributed by atoms with van der Waals surface area (Å²) in [6.45, 7) is 1.01. The van der Waals surface area contributed by atoms with E-state index < -0.39 is 0 Å². The molecule has 0 radical (unpaired) electrons. The van der Waals surface area contributed by atoms with Gasteiger partial charge in [0.05, 0.1) is 12.7 Å². The van der Waals surface area contributed by atoms with E-state index in [4.69, 9.17) is 0 Å². The Labute approximate surface area is 91.1 Å². The molecular formula is C10H10N4O2. The van der Waals surface area contributed by atoms with Gasteiger partial charge in [0.15, 0.2) is 6.29 Å². The quantitative estimate of drug-likeness (QED) is 0.675. The smallest absolute Gasteiger partial charge is 0.250 e. The van der Waals surface area contributed by atoms with Crippen molar-refractivity contribution in [2.24, 2.45) is 0 Å². The number of rotatable bonds is 4. The molecule has 0 aliphatic heterocycles. The number of carbonyl (C=O) groups excluding carboxylic acids is 1. The van der Waals surface area contributed by atoms with Crippen LogP contribution in [0.5, 0.6) is 0 Å². The zero-order valence-corrected chi connectivity index (χ0v) is 8.48. The number of pyridine rings is 1. The maximum absolute atomic E-state index is 11.4. The molecule has 0 aliphatic carbocycles. The molecule has 0 atom stereocenters. The minimum Gasteiger partial charge on any atom is -0.314 e. The third-order valence-corrected chi connectivity index (χ3v) is 2.15. The van der Waals surface area contributed by atoms with Crippen molar-refractivity contribution >= 4 is 6.29 Å². The van der Waals surface area contributed by atoms with Crippen molar-refractivity contribution in [3.8, 4) is 0 Å². The number of carbonyl (C=O) groups is 1. The lowest BCUT2D eigenvalue weighted by Gasteiger charge is -2.03. The Balaban J connectivity index is 2.05. The zero-order chi connectivity index (χ0) is 11.4. The van der Waals surface area contributed by atoms with Crippen molar-refractivity contribution in [3.63, 3.8) is 0 Å². The van der Waals surface area contributed by atoms with E-state index in [2.05, 4.69) is 10.3 Å². The van der Waals surface area contributed by atoms with E-state index in [-0.39, 0.29) is 5.56 Å². The molecule has 82 valence electrons. The van der Waals surface area contributed by atoms with Gasteiger partial charge in [-0.3, -0.25) is 14.3 Å². The molecule has 0 N–H and O–H groups in total. The molecule has 2 aromatic rings. The first-order valence-corrected chi connectivity index (χ1v) is 4.80. The average Bonchev–Trinajstić information content (AvgIpc) is 2.76. The monoisotopic (exact) mass is 218 g/mol. The van der Waals surface area contributed by atoms with Crippen molar-refractivity contribution in [3.05, 3.63) is 46.6 Å². The van der Waals surface area contributed by atoms with Gasteiger partial charge < -0.3 is 4.57 Å². The maximum atomic E-state index is 11.4. The number of hydrogen-bond donors (Lipinski definition) is 0. The lowest BCUT2D eigenvalue weighted by molar-refractivity contribution is 0.111. The number of aldehydes is 1. The Kier molecular flexibility index (Phi) is 2.90. The molecule has 0 bridgehead atoms. The number of nitrogens with zero attached hydrogens (tertiary/aromatic N) is 4. The molecule has 16 heavy (non-hydrogen) atoms. The Morgan fingerprint density at radius 2 is 2.19 bits per heavy atom. The van der Waals surface area contributed by atoms with Crippen LogP contribution in [0.2, 0.25) is 0 Å². The van der Waals surface area contributed by atoms with Gasteiger partial charge in [0.2, 0.25) is 0 Å². The van der Waals surface area contributed by atoms with Gasteiger partial charge in [-0.15, -0.1) is 5.10 Å². The van der Waals surface area contributed by atoms with E-state index in [0.29, 0.717) is 25.1 Å². The van der Waals surface area contributed by atoms with Crippen molar-refractivity contribution in [2.75, 3.05) is 0 Å². The fourth-order valence-corrected chi connectivity index (χ4v) is 1.33. The van der Waals surface area contributed by atoms with E-state index in [9.17, 15) is 9.59 Å². The van der Waals surface area contributed by atoms with Gasteiger partial charge in [-0.25, -0.2) is 0 Å². The number of hydrogen-bond acceptors (Lipinski definition) is 4. The molecule has 0 fully saturated rings. The largest absolute Gasteiger partial charge is 0.314 e. The van der Waals surface area contributed by atoms with Gasteiger partial charge in [0.25, 0.3) is 5.56 Å². The third kappa shape index (κ3) is 2.22. The zero-order valence-electron chi connectivity index (χ0n) is 8.48. The summed E-state index contributed by atoms with van der Waals surface area (Å²) in [6.07, 6.45) is 3.89. The Morgan fingerprint density at radius 1 is 1.31 bits per heavy atom. The highest BCUT2D eigenvalue weighted by atomic mass is 16.1. The first-order chi connectivity index (χ1) is 7.79. The SMILES string of the molecule is O=Cc1cn(CCn2ccccc2=O)nn1. The highest BCUT2D eigenvalue weighted by molar-refractivity contribution is 5.70. The second-order valence-corrected chi connectivity index (χ2v) is 3.26. The van der Waals surface area contributed by atoms with Crippen molar-refractivity contribution in [2.45, 2.75) is 13.1 Å². The average molecular weight is 218 g/mol. The molecule has 0 unspecified atom stereocenters. The molecule has 2 heterocycles. The number of aryl methyl sites for hydroxylation is 2. The molecule has 0 saturated carbocycles. The van der Waals surface area contributed by atoms with Crippen LogP contribution in [0.4, 0.5) is 0 Å². The van der Waals surface area contributed by atoms with Gasteiger partial charge in [0.1, 0.15) is 5.69 Å². The Bertz CT molecular complexity index is 544. The van der Waals surface area contributed by atoms with Crippen LogP contribution in [0.25, 0.3) is 0 Å². The first-order valence-electron chi connectivity index (χ1n) is 4.80. The van der Waals surface area contributed by atoms with Crippen molar-refractivity contribution < 1.29 is 4.79 Å². The second-order valence-electron chi connectivity index (χ2n) is 3.26. The fraction of sp³-hybridized carbons (Fsp3) is 0.200. The summed E-state index contributed by atoms with van der Waals surface area (Å²) in [5, 5.41) is 7.38. The van der Waals surface area contributed by atoms with E-state index in [1.165, 1.54) is 10.7 Å². The lowest BCUT2D eigenvalue weighted by atomic mass is 10.4. The second kappa shape index (κ2) is 4.52. The fourth-order valence-electron chi connectivity index (χ4n) is 1.33. The van der Waals surface area contributed by atoms with Crippen LogP contribution >= 0.6 is 0 Å². The topological polar surface area (TPSA) is 69.8 Å². The predicted octanol–water partition coefficient (Wildman–Crippen LogP) is -0.0475. The molecule has 2 rings (SSSR count). The molecule has 0 aromatic carbocycles. The summed E-state index contributed by atoms with van der Waals surface area (Å²) in [5.74, 6) is 0. The molecule has 2 aromatic heterocycles. The minimum atomic E-state index is -0.0572. The van der Waals surface area contributed by atoms with Crippen LogP contribution in [0.1, 0.15) is 10.5 Å². The molecule has 6 heteroatoms.